The zero-order valence-corrected chi connectivity index (χ0v) is 25.9. The number of rotatable bonds is 6. The van der Waals surface area contributed by atoms with Crippen LogP contribution in [0.3, 0.4) is 0 Å². The average Bonchev–Trinajstić information content (AvgIpc) is 3.35. The number of benzene rings is 2. The van der Waals surface area contributed by atoms with Gasteiger partial charge in [-0.15, -0.1) is 24.8 Å². The number of hydrazine groups is 1. The highest BCUT2D eigenvalue weighted by atomic mass is 35.5. The van der Waals surface area contributed by atoms with Crippen molar-refractivity contribution < 1.29 is 35.9 Å². The van der Waals surface area contributed by atoms with Crippen LogP contribution in [-0.4, -0.2) is 102 Å². The molecule has 0 aliphatic carbocycles. The first kappa shape index (κ1) is 36.4. The number of hydrogen-bond donors (Lipinski definition) is 2. The van der Waals surface area contributed by atoms with Crippen molar-refractivity contribution in [2.45, 2.75) is 24.8 Å². The Morgan fingerprint density at radius 2 is 1.51 bits per heavy atom. The van der Waals surface area contributed by atoms with Crippen molar-refractivity contribution in [2.75, 3.05) is 59.4 Å². The van der Waals surface area contributed by atoms with Crippen molar-refractivity contribution in [3.05, 3.63) is 70.9 Å². The lowest BCUT2D eigenvalue weighted by Gasteiger charge is -2.42. The third kappa shape index (κ3) is 8.82. The lowest BCUT2D eigenvalue weighted by atomic mass is 9.98. The Balaban J connectivity index is 0.00000276. The Hall–Kier alpha value is -3.04. The third-order valence-corrected chi connectivity index (χ3v) is 7.95. The Morgan fingerprint density at radius 3 is 2.13 bits per heavy atom. The van der Waals surface area contributed by atoms with Gasteiger partial charge in [-0.3, -0.25) is 19.9 Å². The second kappa shape index (κ2) is 14.6. The molecule has 0 unspecified atom stereocenters. The number of halogens is 8. The Morgan fingerprint density at radius 1 is 0.889 bits per heavy atom. The molecule has 2 aliphatic heterocycles. The molecule has 3 aromatic rings. The molecule has 5 rings (SSSR count). The number of nitrogens with zero attached hydrogens (tertiary/aromatic N) is 4. The lowest BCUT2D eigenvalue weighted by Crippen LogP contribution is -2.59. The van der Waals surface area contributed by atoms with Crippen molar-refractivity contribution >= 4 is 47.5 Å². The molecule has 0 spiro atoms. The van der Waals surface area contributed by atoms with Crippen molar-refractivity contribution in [1.82, 2.24) is 30.1 Å². The zero-order chi connectivity index (χ0) is 30.9. The van der Waals surface area contributed by atoms with E-state index >= 15 is 0 Å². The number of hydrogen-bond acceptors (Lipinski definition) is 5. The number of aromatic amines is 1. The van der Waals surface area contributed by atoms with E-state index in [0.29, 0.717) is 25.2 Å². The minimum atomic E-state index is -5.07. The van der Waals surface area contributed by atoms with Gasteiger partial charge >= 0.3 is 12.4 Å². The second-order valence-corrected chi connectivity index (χ2v) is 11.1. The van der Waals surface area contributed by atoms with Crippen LogP contribution in [0.2, 0.25) is 0 Å². The van der Waals surface area contributed by atoms with Gasteiger partial charge in [-0.1, -0.05) is 18.2 Å². The Bertz CT molecular complexity index is 1440. The van der Waals surface area contributed by atoms with Crippen LogP contribution in [0.1, 0.15) is 27.0 Å². The number of carbonyl (C=O) groups is 2. The molecule has 2 aromatic carbocycles. The van der Waals surface area contributed by atoms with Crippen molar-refractivity contribution in [2.24, 2.45) is 0 Å². The van der Waals surface area contributed by atoms with Crippen molar-refractivity contribution in [3.8, 4) is 0 Å². The third-order valence-electron chi connectivity index (χ3n) is 7.95. The molecule has 2 N–H and O–H groups in total. The predicted molar refractivity (Wildman–Crippen MR) is 161 cm³/mol. The van der Waals surface area contributed by atoms with Gasteiger partial charge in [0.15, 0.2) is 0 Å². The molecule has 8 nitrogen and oxygen atoms in total. The summed E-state index contributed by atoms with van der Waals surface area (Å²) in [6.07, 6.45) is -8.10. The first-order chi connectivity index (χ1) is 20.3. The van der Waals surface area contributed by atoms with Crippen molar-refractivity contribution in [1.29, 1.82) is 0 Å². The van der Waals surface area contributed by atoms with E-state index in [9.17, 15) is 35.9 Å². The van der Waals surface area contributed by atoms with Crippen LogP contribution in [-0.2, 0) is 23.6 Å². The fraction of sp³-hybridized carbons (Fsp3) is 0.448. The SMILES string of the molecule is CN1CCN(NC(=O)CN2CCN(C(=O)c3cc(C(F)(F)F)cc(C(F)(F)F)c3)[C@H](Cc3c[nH]c4ccccc34)C2)CC1.Cl.Cl. The van der Waals surface area contributed by atoms with E-state index in [-0.39, 0.29) is 69.4 Å². The smallest absolute Gasteiger partial charge is 0.361 e. The number of piperazine rings is 2. The molecule has 2 aliphatic rings. The van der Waals surface area contributed by atoms with Crippen molar-refractivity contribution in [3.63, 3.8) is 0 Å². The molecule has 2 fully saturated rings. The van der Waals surface area contributed by atoms with E-state index in [1.165, 1.54) is 4.90 Å². The summed E-state index contributed by atoms with van der Waals surface area (Å²) in [5.74, 6) is -1.16. The first-order valence-corrected chi connectivity index (χ1v) is 13.9. The highest BCUT2D eigenvalue weighted by Crippen LogP contribution is 2.37. The number of para-hydroxylation sites is 1. The number of nitrogens with one attached hydrogen (secondary N) is 2. The summed E-state index contributed by atoms with van der Waals surface area (Å²) >= 11 is 0. The molecular formula is C29H34Cl2F6N6O2. The molecular weight excluding hydrogens is 649 g/mol. The quantitative estimate of drug-likeness (QED) is 0.369. The summed E-state index contributed by atoms with van der Waals surface area (Å²) in [7, 11) is 2.00. The topological polar surface area (TPSA) is 74.9 Å². The van der Waals surface area contributed by atoms with Gasteiger partial charge < -0.3 is 14.8 Å². The molecule has 16 heteroatoms. The molecule has 0 saturated carbocycles. The van der Waals surface area contributed by atoms with Gasteiger partial charge in [0.1, 0.15) is 0 Å². The van der Waals surface area contributed by atoms with Gasteiger partial charge in [0.2, 0.25) is 5.91 Å². The standard InChI is InChI=1S/C29H32F6N6O2.2ClH/c1-38-6-9-40(10-7-38)37-26(42)18-39-8-11-41(23(17-39)14-20-16-36-25-5-3-2-4-24(20)25)27(43)19-12-21(28(30,31)32)15-22(13-19)29(33,34)35;;/h2-5,12-13,15-16,23,36H,6-11,14,17-18H2,1H3,(H,37,42);2*1H/t23-;;/m1../s1. The van der Waals surface area contributed by atoms with Crippen LogP contribution >= 0.6 is 24.8 Å². The summed E-state index contributed by atoms with van der Waals surface area (Å²) in [6.45, 7) is 3.42. The van der Waals surface area contributed by atoms with Gasteiger partial charge in [-0.2, -0.15) is 26.3 Å². The summed E-state index contributed by atoms with van der Waals surface area (Å²) in [5.41, 5.74) is 0.809. The molecule has 2 amide bonds. The number of fused-ring (bicyclic) bond motifs is 1. The normalized spacial score (nSPS) is 18.7. The van der Waals surface area contributed by atoms with Gasteiger partial charge in [0.05, 0.1) is 17.7 Å². The van der Waals surface area contributed by atoms with E-state index in [1.807, 2.05) is 41.2 Å². The molecule has 3 heterocycles. The Kier molecular flexibility index (Phi) is 11.8. The maximum absolute atomic E-state index is 13.7. The van der Waals surface area contributed by atoms with Crippen LogP contribution in [0, 0.1) is 0 Å². The van der Waals surface area contributed by atoms with Gasteiger partial charge in [-0.05, 0) is 43.3 Å². The zero-order valence-electron chi connectivity index (χ0n) is 24.2. The fourth-order valence-electron chi connectivity index (χ4n) is 5.64. The van der Waals surface area contributed by atoms with Gasteiger partial charge in [0.25, 0.3) is 5.91 Å². The summed E-state index contributed by atoms with van der Waals surface area (Å²) in [6, 6.07) is 7.79. The maximum atomic E-state index is 13.7. The monoisotopic (exact) mass is 682 g/mol. The van der Waals surface area contributed by atoms with E-state index in [4.69, 9.17) is 0 Å². The molecule has 0 radical (unpaired) electrons. The average molecular weight is 684 g/mol. The van der Waals surface area contributed by atoms with Crippen LogP contribution in [0.25, 0.3) is 10.9 Å². The maximum Gasteiger partial charge on any atom is 0.416 e. The van der Waals surface area contributed by atoms with E-state index < -0.39 is 41.0 Å². The highest BCUT2D eigenvalue weighted by Gasteiger charge is 2.39. The van der Waals surface area contributed by atoms with E-state index in [0.717, 1.165) is 29.6 Å². The van der Waals surface area contributed by atoms with Crippen LogP contribution < -0.4 is 5.43 Å². The molecule has 45 heavy (non-hydrogen) atoms. The van der Waals surface area contributed by atoms with Crippen LogP contribution in [0.4, 0.5) is 26.3 Å². The number of likely N-dealkylation sites (N-methyl/N-ethyl adjacent to an activating group) is 1. The first-order valence-electron chi connectivity index (χ1n) is 13.9. The molecule has 1 atom stereocenters. The number of alkyl halides is 6. The van der Waals surface area contributed by atoms with Crippen LogP contribution in [0.15, 0.2) is 48.7 Å². The fourth-order valence-corrected chi connectivity index (χ4v) is 5.64. The highest BCUT2D eigenvalue weighted by molar-refractivity contribution is 5.95. The summed E-state index contributed by atoms with van der Waals surface area (Å²) < 4.78 is 81.2. The lowest BCUT2D eigenvalue weighted by molar-refractivity contribution is -0.143. The molecule has 1 aromatic heterocycles. The number of aromatic nitrogens is 1. The van der Waals surface area contributed by atoms with E-state index in [1.54, 1.807) is 6.20 Å². The van der Waals surface area contributed by atoms with Gasteiger partial charge in [0, 0.05) is 74.5 Å². The largest absolute Gasteiger partial charge is 0.416 e. The number of carbonyl (C=O) groups excluding carboxylic acids is 2. The summed E-state index contributed by atoms with van der Waals surface area (Å²) in [5, 5.41) is 2.73. The minimum Gasteiger partial charge on any atom is -0.361 e. The molecule has 248 valence electrons. The minimum absolute atomic E-state index is 0. The van der Waals surface area contributed by atoms with Crippen LogP contribution in [0.5, 0.6) is 0 Å². The van der Waals surface area contributed by atoms with E-state index in [2.05, 4.69) is 15.3 Å². The number of H-pyrrole nitrogens is 1. The summed E-state index contributed by atoms with van der Waals surface area (Å²) in [4.78, 5) is 35.0. The predicted octanol–water partition coefficient (Wildman–Crippen LogP) is 4.70. The molecule has 2 saturated heterocycles. The number of amides is 2. The van der Waals surface area contributed by atoms with Gasteiger partial charge in [-0.25, -0.2) is 5.01 Å². The Labute approximate surface area is 268 Å². The molecule has 0 bridgehead atoms. The second-order valence-electron chi connectivity index (χ2n) is 11.1.